The molecule has 0 spiro atoms. The van der Waals surface area contributed by atoms with Crippen molar-refractivity contribution in [1.29, 1.82) is 0 Å². The molecule has 0 N–H and O–H groups in total. The molecule has 184 valence electrons. The van der Waals surface area contributed by atoms with Crippen LogP contribution in [-0.2, 0) is 5.41 Å². The van der Waals surface area contributed by atoms with Gasteiger partial charge in [0.1, 0.15) is 0 Å². The van der Waals surface area contributed by atoms with Crippen LogP contribution in [0.25, 0.3) is 11.1 Å². The van der Waals surface area contributed by atoms with Crippen molar-refractivity contribution in [3.8, 4) is 22.6 Å². The van der Waals surface area contributed by atoms with E-state index in [-0.39, 0.29) is 5.41 Å². The van der Waals surface area contributed by atoms with Gasteiger partial charge in [-0.15, -0.1) is 0 Å². The molecule has 2 heterocycles. The summed E-state index contributed by atoms with van der Waals surface area (Å²) in [7, 11) is 0. The standard InChI is InChI=1S/C35H28N2O/c1-4-36-30-16-10-11-17-33(30)38-34-21-19-25(23-32(34)36)24-18-20-28-31(22-24)37(26-12-6-5-7-13-26)29-15-9-8-14-27(29)35(28,2)3/h4-23H,1H2,2-3H3. The summed E-state index contributed by atoms with van der Waals surface area (Å²) in [6.45, 7) is 8.73. The molecule has 5 aromatic carbocycles. The van der Waals surface area contributed by atoms with Gasteiger partial charge in [0.05, 0.1) is 22.7 Å². The highest BCUT2D eigenvalue weighted by Crippen LogP contribution is 2.53. The summed E-state index contributed by atoms with van der Waals surface area (Å²) in [5.41, 5.74) is 10.4. The van der Waals surface area contributed by atoms with E-state index in [2.05, 4.69) is 127 Å². The minimum Gasteiger partial charge on any atom is -0.453 e. The molecule has 5 aromatic rings. The molecule has 0 atom stereocenters. The van der Waals surface area contributed by atoms with Crippen molar-refractivity contribution in [1.82, 2.24) is 0 Å². The van der Waals surface area contributed by atoms with Crippen molar-refractivity contribution >= 4 is 28.4 Å². The molecule has 7 rings (SSSR count). The van der Waals surface area contributed by atoms with Gasteiger partial charge in [-0.05, 0) is 70.8 Å². The van der Waals surface area contributed by atoms with Crippen molar-refractivity contribution in [2.45, 2.75) is 19.3 Å². The van der Waals surface area contributed by atoms with Crippen molar-refractivity contribution in [3.05, 3.63) is 139 Å². The van der Waals surface area contributed by atoms with Crippen LogP contribution in [0.5, 0.6) is 11.5 Å². The monoisotopic (exact) mass is 492 g/mol. The first kappa shape index (κ1) is 22.4. The molecule has 0 fully saturated rings. The summed E-state index contributed by atoms with van der Waals surface area (Å²) in [6, 6.07) is 40.7. The average Bonchev–Trinajstić information content (AvgIpc) is 2.96. The van der Waals surface area contributed by atoms with Crippen LogP contribution >= 0.6 is 0 Å². The maximum Gasteiger partial charge on any atom is 0.151 e. The van der Waals surface area contributed by atoms with Gasteiger partial charge in [-0.2, -0.15) is 0 Å². The molecule has 0 aliphatic carbocycles. The van der Waals surface area contributed by atoms with E-state index in [1.165, 1.54) is 22.5 Å². The summed E-state index contributed by atoms with van der Waals surface area (Å²) in [5.74, 6) is 1.66. The lowest BCUT2D eigenvalue weighted by Gasteiger charge is -2.42. The Morgan fingerprint density at radius 3 is 2.00 bits per heavy atom. The molecule has 0 saturated carbocycles. The first-order valence-electron chi connectivity index (χ1n) is 13.0. The van der Waals surface area contributed by atoms with Crippen LogP contribution in [0.1, 0.15) is 25.0 Å². The van der Waals surface area contributed by atoms with E-state index in [0.717, 1.165) is 39.7 Å². The number of para-hydroxylation sites is 4. The second kappa shape index (κ2) is 8.39. The molecule has 0 radical (unpaired) electrons. The number of ether oxygens (including phenoxy) is 1. The van der Waals surface area contributed by atoms with Crippen molar-refractivity contribution in [2.24, 2.45) is 0 Å². The molecular formula is C35H28N2O. The molecule has 2 aliphatic rings. The Balaban J connectivity index is 1.39. The summed E-state index contributed by atoms with van der Waals surface area (Å²) in [5, 5.41) is 0. The van der Waals surface area contributed by atoms with Crippen LogP contribution in [0.2, 0.25) is 0 Å². The smallest absolute Gasteiger partial charge is 0.151 e. The van der Waals surface area contributed by atoms with Gasteiger partial charge in [0.25, 0.3) is 0 Å². The van der Waals surface area contributed by atoms with E-state index in [4.69, 9.17) is 4.74 Å². The average molecular weight is 493 g/mol. The number of anilines is 5. The maximum atomic E-state index is 6.23. The Morgan fingerprint density at radius 2 is 1.21 bits per heavy atom. The van der Waals surface area contributed by atoms with Crippen molar-refractivity contribution < 1.29 is 4.74 Å². The zero-order valence-electron chi connectivity index (χ0n) is 21.6. The first-order valence-corrected chi connectivity index (χ1v) is 13.0. The van der Waals surface area contributed by atoms with Gasteiger partial charge in [-0.1, -0.05) is 87.2 Å². The fraction of sp³-hybridized carbons (Fsp3) is 0.0857. The van der Waals surface area contributed by atoms with Gasteiger partial charge in [-0.3, -0.25) is 0 Å². The summed E-state index contributed by atoms with van der Waals surface area (Å²) in [4.78, 5) is 4.50. The topological polar surface area (TPSA) is 15.7 Å². The second-order valence-corrected chi connectivity index (χ2v) is 10.3. The Morgan fingerprint density at radius 1 is 0.605 bits per heavy atom. The van der Waals surface area contributed by atoms with Gasteiger partial charge >= 0.3 is 0 Å². The number of nitrogens with zero attached hydrogens (tertiary/aromatic N) is 2. The SMILES string of the molecule is C=CN1c2ccccc2Oc2ccc(-c3ccc4c(c3)N(c3ccccc3)c3ccccc3C4(C)C)cc21. The minimum absolute atomic E-state index is 0.122. The highest BCUT2D eigenvalue weighted by Gasteiger charge is 2.37. The van der Waals surface area contributed by atoms with Crippen LogP contribution in [0.4, 0.5) is 28.4 Å². The highest BCUT2D eigenvalue weighted by molar-refractivity contribution is 5.89. The Bertz CT molecular complexity index is 1700. The van der Waals surface area contributed by atoms with Crippen LogP contribution in [0, 0.1) is 0 Å². The van der Waals surface area contributed by atoms with E-state index in [1.807, 2.05) is 24.4 Å². The van der Waals surface area contributed by atoms with Crippen molar-refractivity contribution in [3.63, 3.8) is 0 Å². The van der Waals surface area contributed by atoms with Gasteiger partial charge in [-0.25, -0.2) is 0 Å². The fourth-order valence-corrected chi connectivity index (χ4v) is 5.91. The Kier molecular flexibility index (Phi) is 4.95. The fourth-order valence-electron chi connectivity index (χ4n) is 5.91. The Labute approximate surface area is 223 Å². The third kappa shape index (κ3) is 3.29. The molecule has 0 amide bonds. The molecule has 3 heteroatoms. The summed E-state index contributed by atoms with van der Waals surface area (Å²) >= 11 is 0. The van der Waals surface area contributed by atoms with E-state index in [0.29, 0.717) is 0 Å². The lowest BCUT2D eigenvalue weighted by molar-refractivity contribution is 0.477. The van der Waals surface area contributed by atoms with E-state index in [9.17, 15) is 0 Å². The number of rotatable bonds is 3. The van der Waals surface area contributed by atoms with E-state index < -0.39 is 0 Å². The number of fused-ring (bicyclic) bond motifs is 4. The second-order valence-electron chi connectivity index (χ2n) is 10.3. The van der Waals surface area contributed by atoms with Gasteiger partial charge in [0.2, 0.25) is 0 Å². The third-order valence-electron chi connectivity index (χ3n) is 7.82. The molecule has 0 bridgehead atoms. The van der Waals surface area contributed by atoms with E-state index in [1.54, 1.807) is 0 Å². The highest BCUT2D eigenvalue weighted by atomic mass is 16.5. The normalized spacial score (nSPS) is 14.5. The minimum atomic E-state index is -0.122. The van der Waals surface area contributed by atoms with Crippen molar-refractivity contribution in [2.75, 3.05) is 9.80 Å². The largest absolute Gasteiger partial charge is 0.453 e. The number of benzene rings is 5. The van der Waals surface area contributed by atoms with E-state index >= 15 is 0 Å². The molecule has 0 unspecified atom stereocenters. The number of hydrogen-bond donors (Lipinski definition) is 0. The molecular weight excluding hydrogens is 464 g/mol. The molecule has 3 nitrogen and oxygen atoms in total. The lowest BCUT2D eigenvalue weighted by atomic mass is 9.73. The number of hydrogen-bond acceptors (Lipinski definition) is 3. The Hall–Kier alpha value is -4.76. The van der Waals surface area contributed by atoms with Gasteiger partial charge in [0.15, 0.2) is 11.5 Å². The lowest BCUT2D eigenvalue weighted by Crippen LogP contribution is -2.30. The van der Waals surface area contributed by atoms with Gasteiger partial charge < -0.3 is 14.5 Å². The molecule has 2 aliphatic heterocycles. The zero-order valence-corrected chi connectivity index (χ0v) is 21.6. The predicted octanol–water partition coefficient (Wildman–Crippen LogP) is 9.85. The third-order valence-corrected chi connectivity index (χ3v) is 7.82. The predicted molar refractivity (Wildman–Crippen MR) is 158 cm³/mol. The summed E-state index contributed by atoms with van der Waals surface area (Å²) < 4.78 is 6.23. The van der Waals surface area contributed by atoms with Crippen LogP contribution < -0.4 is 14.5 Å². The van der Waals surface area contributed by atoms with Crippen LogP contribution in [0.3, 0.4) is 0 Å². The molecule has 0 saturated heterocycles. The molecule has 38 heavy (non-hydrogen) atoms. The van der Waals surface area contributed by atoms with Crippen LogP contribution in [0.15, 0.2) is 128 Å². The zero-order chi connectivity index (χ0) is 25.9. The molecule has 0 aromatic heterocycles. The maximum absolute atomic E-state index is 6.23. The summed E-state index contributed by atoms with van der Waals surface area (Å²) in [6.07, 6.45) is 1.85. The first-order chi connectivity index (χ1) is 18.6. The quantitative estimate of drug-likeness (QED) is 0.249. The van der Waals surface area contributed by atoms with Crippen LogP contribution in [-0.4, -0.2) is 0 Å². The van der Waals surface area contributed by atoms with Gasteiger partial charge in [0, 0.05) is 17.3 Å².